The summed E-state index contributed by atoms with van der Waals surface area (Å²) in [6.45, 7) is 3.07. The second-order valence-electron chi connectivity index (χ2n) is 8.34. The van der Waals surface area contributed by atoms with Gasteiger partial charge in [0.05, 0.1) is 30.4 Å². The van der Waals surface area contributed by atoms with Crippen molar-refractivity contribution in [2.75, 3.05) is 23.7 Å². The van der Waals surface area contributed by atoms with E-state index in [2.05, 4.69) is 20.9 Å². The summed E-state index contributed by atoms with van der Waals surface area (Å²) >= 11 is 0. The lowest BCUT2D eigenvalue weighted by molar-refractivity contribution is -0.136. The minimum absolute atomic E-state index is 0.0597. The van der Waals surface area contributed by atoms with Crippen molar-refractivity contribution in [3.8, 4) is 0 Å². The zero-order valence-corrected chi connectivity index (χ0v) is 18.2. The molecule has 0 saturated heterocycles. The van der Waals surface area contributed by atoms with Gasteiger partial charge in [-0.25, -0.2) is 13.8 Å². The first-order chi connectivity index (χ1) is 15.9. The van der Waals surface area contributed by atoms with Crippen LogP contribution in [-0.4, -0.2) is 35.2 Å². The van der Waals surface area contributed by atoms with Gasteiger partial charge >= 0.3 is 5.97 Å². The van der Waals surface area contributed by atoms with Crippen LogP contribution in [0.15, 0.2) is 60.8 Å². The molecule has 8 heteroatoms. The summed E-state index contributed by atoms with van der Waals surface area (Å²) in [6.07, 6.45) is 0.962. The Kier molecular flexibility index (Phi) is 6.84. The molecule has 0 amide bonds. The van der Waals surface area contributed by atoms with E-state index >= 15 is 0 Å². The van der Waals surface area contributed by atoms with Crippen LogP contribution in [0.5, 0.6) is 0 Å². The first-order valence-corrected chi connectivity index (χ1v) is 10.8. The lowest BCUT2D eigenvalue weighted by Gasteiger charge is -2.35. The SMILES string of the molecule is C[C@@H](CN[C@H](c1ccccc1)[C@H]1CNc2cc(F)cnc2N1)c1cc(F)cc(CC(=O)O)c1. The summed E-state index contributed by atoms with van der Waals surface area (Å²) in [6, 6.07) is 15.6. The standard InChI is InChI=1S/C25H26F2N4O2/c1-15(18-7-16(9-23(32)33)8-19(26)10-18)12-29-24(17-5-3-2-4-6-17)22-14-28-21-11-20(27)13-30-25(21)31-22/h2-8,10-11,13,15,22,24,28-29H,9,12,14H2,1H3,(H,30,31)(H,32,33)/t15-,22+,24+/m0/s1. The molecule has 3 aromatic rings. The molecular weight excluding hydrogens is 426 g/mol. The number of nitrogens with zero attached hydrogens (tertiary/aromatic N) is 1. The second kappa shape index (κ2) is 9.95. The fourth-order valence-electron chi connectivity index (χ4n) is 4.15. The first kappa shape index (κ1) is 22.7. The Hall–Kier alpha value is -3.52. The maximum Gasteiger partial charge on any atom is 0.307 e. The number of pyridine rings is 1. The van der Waals surface area contributed by atoms with E-state index in [1.54, 1.807) is 6.07 Å². The number of hydrogen-bond acceptors (Lipinski definition) is 5. The van der Waals surface area contributed by atoms with Gasteiger partial charge in [0.15, 0.2) is 0 Å². The average Bonchev–Trinajstić information content (AvgIpc) is 2.79. The zero-order valence-electron chi connectivity index (χ0n) is 18.2. The van der Waals surface area contributed by atoms with Crippen LogP contribution in [0.2, 0.25) is 0 Å². The van der Waals surface area contributed by atoms with E-state index in [0.29, 0.717) is 30.2 Å². The van der Waals surface area contributed by atoms with Crippen LogP contribution in [-0.2, 0) is 11.2 Å². The van der Waals surface area contributed by atoms with Crippen molar-refractivity contribution in [2.45, 2.75) is 31.3 Å². The molecular formula is C25H26F2N4O2. The molecule has 2 aromatic carbocycles. The number of carboxylic acid groups (broad SMARTS) is 1. The quantitative estimate of drug-likeness (QED) is 0.407. The molecule has 4 rings (SSSR count). The Balaban J connectivity index is 1.52. The topological polar surface area (TPSA) is 86.3 Å². The largest absolute Gasteiger partial charge is 0.481 e. The molecule has 172 valence electrons. The number of aromatic nitrogens is 1. The van der Waals surface area contributed by atoms with Crippen molar-refractivity contribution < 1.29 is 18.7 Å². The van der Waals surface area contributed by atoms with Crippen molar-refractivity contribution in [3.05, 3.63) is 89.1 Å². The van der Waals surface area contributed by atoms with E-state index in [1.165, 1.54) is 24.4 Å². The van der Waals surface area contributed by atoms with E-state index < -0.39 is 17.6 Å². The summed E-state index contributed by atoms with van der Waals surface area (Å²) in [5, 5.41) is 19.3. The highest BCUT2D eigenvalue weighted by Crippen LogP contribution is 2.29. The van der Waals surface area contributed by atoms with Gasteiger partial charge in [-0.1, -0.05) is 43.3 Å². The first-order valence-electron chi connectivity index (χ1n) is 10.8. The predicted octanol–water partition coefficient (Wildman–Crippen LogP) is 4.33. The summed E-state index contributed by atoms with van der Waals surface area (Å²) < 4.78 is 27.6. The number of hydrogen-bond donors (Lipinski definition) is 4. The number of rotatable bonds is 8. The molecule has 0 unspecified atom stereocenters. The van der Waals surface area contributed by atoms with Gasteiger partial charge in [-0.3, -0.25) is 4.79 Å². The summed E-state index contributed by atoms with van der Waals surface area (Å²) in [7, 11) is 0. The lowest BCUT2D eigenvalue weighted by Crippen LogP contribution is -2.45. The molecule has 0 radical (unpaired) electrons. The van der Waals surface area contributed by atoms with Crippen LogP contribution in [0, 0.1) is 11.6 Å². The van der Waals surface area contributed by atoms with Gasteiger partial charge in [0.25, 0.3) is 0 Å². The highest BCUT2D eigenvalue weighted by molar-refractivity contribution is 5.70. The Labute approximate surface area is 191 Å². The third-order valence-electron chi connectivity index (χ3n) is 5.80. The Morgan fingerprint density at radius 2 is 1.94 bits per heavy atom. The molecule has 1 aromatic heterocycles. The van der Waals surface area contributed by atoms with Gasteiger partial charge in [0, 0.05) is 19.2 Å². The minimum atomic E-state index is -0.994. The van der Waals surface area contributed by atoms with E-state index in [0.717, 1.165) is 11.1 Å². The molecule has 0 aliphatic carbocycles. The van der Waals surface area contributed by atoms with Crippen molar-refractivity contribution in [1.29, 1.82) is 0 Å². The fraction of sp³-hybridized carbons (Fsp3) is 0.280. The van der Waals surface area contributed by atoms with Crippen molar-refractivity contribution in [3.63, 3.8) is 0 Å². The normalized spacial score (nSPS) is 16.8. The van der Waals surface area contributed by atoms with E-state index in [4.69, 9.17) is 5.11 Å². The van der Waals surface area contributed by atoms with Gasteiger partial charge in [-0.05, 0) is 34.7 Å². The number of halogens is 2. The van der Waals surface area contributed by atoms with E-state index in [1.807, 2.05) is 37.3 Å². The molecule has 4 N–H and O–H groups in total. The van der Waals surface area contributed by atoms with Gasteiger partial charge in [0.1, 0.15) is 17.5 Å². The number of fused-ring (bicyclic) bond motifs is 1. The third-order valence-corrected chi connectivity index (χ3v) is 5.80. The van der Waals surface area contributed by atoms with Crippen LogP contribution in [0.3, 0.4) is 0 Å². The number of carboxylic acids is 1. The van der Waals surface area contributed by atoms with Crippen molar-refractivity contribution >= 4 is 17.5 Å². The van der Waals surface area contributed by atoms with Crippen LogP contribution >= 0.6 is 0 Å². The highest BCUT2D eigenvalue weighted by atomic mass is 19.1. The molecule has 0 bridgehead atoms. The van der Waals surface area contributed by atoms with Crippen LogP contribution < -0.4 is 16.0 Å². The molecule has 0 fully saturated rings. The molecule has 0 saturated carbocycles. The summed E-state index contributed by atoms with van der Waals surface area (Å²) in [5.41, 5.74) is 2.87. The number of nitrogens with one attached hydrogen (secondary N) is 3. The molecule has 3 atom stereocenters. The van der Waals surface area contributed by atoms with Gasteiger partial charge < -0.3 is 21.1 Å². The maximum atomic E-state index is 14.1. The van der Waals surface area contributed by atoms with E-state index in [9.17, 15) is 13.6 Å². The Bertz CT molecular complexity index is 1130. The predicted molar refractivity (Wildman–Crippen MR) is 123 cm³/mol. The van der Waals surface area contributed by atoms with Crippen LogP contribution in [0.25, 0.3) is 0 Å². The molecule has 1 aliphatic heterocycles. The molecule has 6 nitrogen and oxygen atoms in total. The Morgan fingerprint density at radius 1 is 1.15 bits per heavy atom. The van der Waals surface area contributed by atoms with E-state index in [-0.39, 0.29) is 24.4 Å². The van der Waals surface area contributed by atoms with Gasteiger partial charge in [-0.2, -0.15) is 0 Å². The second-order valence-corrected chi connectivity index (χ2v) is 8.34. The third kappa shape index (κ3) is 5.64. The van der Waals surface area contributed by atoms with Crippen LogP contribution in [0.4, 0.5) is 20.3 Å². The van der Waals surface area contributed by atoms with Crippen molar-refractivity contribution in [2.24, 2.45) is 0 Å². The van der Waals surface area contributed by atoms with Crippen molar-refractivity contribution in [1.82, 2.24) is 10.3 Å². The highest BCUT2D eigenvalue weighted by Gasteiger charge is 2.28. The molecule has 33 heavy (non-hydrogen) atoms. The van der Waals surface area contributed by atoms with Gasteiger partial charge in [0.2, 0.25) is 0 Å². The molecule has 2 heterocycles. The molecule has 1 aliphatic rings. The Morgan fingerprint density at radius 3 is 2.70 bits per heavy atom. The average molecular weight is 453 g/mol. The van der Waals surface area contributed by atoms with Crippen LogP contribution in [0.1, 0.15) is 35.6 Å². The fourth-order valence-corrected chi connectivity index (χ4v) is 4.15. The summed E-state index contributed by atoms with van der Waals surface area (Å²) in [5.74, 6) is -1.30. The monoisotopic (exact) mass is 452 g/mol. The summed E-state index contributed by atoms with van der Waals surface area (Å²) in [4.78, 5) is 15.2. The smallest absolute Gasteiger partial charge is 0.307 e. The zero-order chi connectivity index (χ0) is 23.4. The number of benzene rings is 2. The number of carbonyl (C=O) groups is 1. The lowest BCUT2D eigenvalue weighted by atomic mass is 9.94. The number of anilines is 2. The van der Waals surface area contributed by atoms with Gasteiger partial charge in [-0.15, -0.1) is 0 Å². The minimum Gasteiger partial charge on any atom is -0.481 e. The number of aliphatic carboxylic acids is 1. The molecule has 0 spiro atoms. The maximum absolute atomic E-state index is 14.1.